The second-order valence-electron chi connectivity index (χ2n) is 6.94. The molecule has 2 rings (SSSR count). The maximum Gasteiger partial charge on any atom is 0.387 e. The van der Waals surface area contributed by atoms with Crippen LogP contribution in [0.15, 0.2) is 23.2 Å². The molecule has 1 aliphatic rings. The third kappa shape index (κ3) is 8.90. The fourth-order valence-electron chi connectivity index (χ4n) is 3.39. The molecule has 1 aromatic rings. The van der Waals surface area contributed by atoms with Gasteiger partial charge in [-0.15, -0.1) is 24.0 Å². The van der Waals surface area contributed by atoms with Crippen LogP contribution in [0.5, 0.6) is 11.5 Å². The normalized spacial score (nSPS) is 17.6. The Morgan fingerprint density at radius 2 is 2.10 bits per heavy atom. The quantitative estimate of drug-likeness (QED) is 0.222. The van der Waals surface area contributed by atoms with E-state index in [1.165, 1.54) is 39.0 Å². The third-order valence-corrected chi connectivity index (χ3v) is 5.02. The summed E-state index contributed by atoms with van der Waals surface area (Å²) >= 11 is 0. The van der Waals surface area contributed by atoms with Gasteiger partial charge in [0, 0.05) is 44.4 Å². The third-order valence-electron chi connectivity index (χ3n) is 5.02. The van der Waals surface area contributed by atoms with Gasteiger partial charge in [0.25, 0.3) is 0 Å². The highest BCUT2D eigenvalue weighted by atomic mass is 127. The lowest BCUT2D eigenvalue weighted by atomic mass is 10.0. The number of piperidine rings is 1. The molecule has 2 N–H and O–H groups in total. The van der Waals surface area contributed by atoms with E-state index in [2.05, 4.69) is 32.2 Å². The number of hydrogen-bond donors (Lipinski definition) is 2. The van der Waals surface area contributed by atoms with Crippen molar-refractivity contribution in [1.82, 2.24) is 15.5 Å². The lowest BCUT2D eigenvalue weighted by Gasteiger charge is -2.33. The minimum atomic E-state index is -2.89. The van der Waals surface area contributed by atoms with Gasteiger partial charge in [0.1, 0.15) is 11.5 Å². The van der Waals surface area contributed by atoms with Crippen LogP contribution in [-0.4, -0.2) is 57.3 Å². The second-order valence-corrected chi connectivity index (χ2v) is 6.94. The van der Waals surface area contributed by atoms with Crippen molar-refractivity contribution in [2.75, 3.05) is 33.8 Å². The summed E-state index contributed by atoms with van der Waals surface area (Å²) in [6.45, 7) is 2.76. The Morgan fingerprint density at radius 1 is 1.31 bits per heavy atom. The van der Waals surface area contributed by atoms with Gasteiger partial charge in [0.05, 0.1) is 7.11 Å². The van der Waals surface area contributed by atoms with Crippen molar-refractivity contribution in [3.8, 4) is 11.5 Å². The Morgan fingerprint density at radius 3 is 2.76 bits per heavy atom. The van der Waals surface area contributed by atoms with Gasteiger partial charge in [-0.3, -0.25) is 4.99 Å². The molecule has 1 aromatic carbocycles. The number of alkyl halides is 2. The number of hydrogen-bond acceptors (Lipinski definition) is 4. The minimum absolute atomic E-state index is 0. The van der Waals surface area contributed by atoms with Crippen molar-refractivity contribution < 1.29 is 18.3 Å². The first-order valence-electron chi connectivity index (χ1n) is 9.83. The highest BCUT2D eigenvalue weighted by Crippen LogP contribution is 2.26. The summed E-state index contributed by atoms with van der Waals surface area (Å²) in [5.74, 6) is 1.19. The van der Waals surface area contributed by atoms with Gasteiger partial charge in [0.2, 0.25) is 0 Å². The Hall–Kier alpha value is -1.36. The molecule has 1 atom stereocenters. The van der Waals surface area contributed by atoms with E-state index in [-0.39, 0.29) is 29.7 Å². The Bertz CT molecular complexity index is 634. The summed E-state index contributed by atoms with van der Waals surface area (Å²) < 4.78 is 35.0. The fourth-order valence-corrected chi connectivity index (χ4v) is 3.39. The average molecular weight is 526 g/mol. The largest absolute Gasteiger partial charge is 0.497 e. The number of guanidine groups is 1. The first-order chi connectivity index (χ1) is 13.5. The average Bonchev–Trinajstić information content (AvgIpc) is 2.69. The Kier molecular flexibility index (Phi) is 12.2. The highest BCUT2D eigenvalue weighted by Gasteiger charge is 2.17. The van der Waals surface area contributed by atoms with Crippen molar-refractivity contribution >= 4 is 29.9 Å². The number of aliphatic imine (C=N–C) groups is 1. The molecule has 1 aliphatic heterocycles. The maximum absolute atomic E-state index is 12.7. The summed E-state index contributed by atoms with van der Waals surface area (Å²) in [6.07, 6.45) is 4.91. The molecule has 1 unspecified atom stereocenters. The number of rotatable bonds is 9. The summed E-state index contributed by atoms with van der Waals surface area (Å²) in [4.78, 5) is 6.73. The second kappa shape index (κ2) is 13.8. The zero-order valence-electron chi connectivity index (χ0n) is 17.4. The number of nitrogens with zero attached hydrogens (tertiary/aromatic N) is 2. The number of benzene rings is 1. The van der Waals surface area contributed by atoms with Crippen molar-refractivity contribution in [3.05, 3.63) is 23.8 Å². The van der Waals surface area contributed by atoms with Crippen LogP contribution < -0.4 is 20.1 Å². The predicted octanol–water partition coefficient (Wildman–Crippen LogP) is 3.84. The summed E-state index contributed by atoms with van der Waals surface area (Å²) in [5.41, 5.74) is 0.603. The van der Waals surface area contributed by atoms with Crippen LogP contribution in [0.1, 0.15) is 38.2 Å². The van der Waals surface area contributed by atoms with E-state index < -0.39 is 6.61 Å². The van der Waals surface area contributed by atoms with Gasteiger partial charge in [-0.1, -0.05) is 6.42 Å². The molecule has 9 heteroatoms. The van der Waals surface area contributed by atoms with Gasteiger partial charge in [-0.05, 0) is 44.9 Å². The van der Waals surface area contributed by atoms with E-state index in [9.17, 15) is 8.78 Å². The van der Waals surface area contributed by atoms with E-state index >= 15 is 0 Å². The Labute approximate surface area is 189 Å². The SMILES string of the molecule is CN=C(NCCCN1CCCCC1C)NCc1ccc(OC)cc1OC(F)F.I. The van der Waals surface area contributed by atoms with Crippen molar-refractivity contribution in [2.45, 2.75) is 51.8 Å². The molecule has 0 radical (unpaired) electrons. The van der Waals surface area contributed by atoms with Crippen LogP contribution in [0.4, 0.5) is 8.78 Å². The molecular formula is C20H33F2IN4O2. The Balaban J connectivity index is 0.00000420. The van der Waals surface area contributed by atoms with Gasteiger partial charge in [-0.25, -0.2) is 0 Å². The molecule has 1 fully saturated rings. The summed E-state index contributed by atoms with van der Waals surface area (Å²) in [7, 11) is 3.17. The molecule has 0 aliphatic carbocycles. The summed E-state index contributed by atoms with van der Waals surface area (Å²) in [6, 6.07) is 5.54. The first kappa shape index (κ1) is 25.7. The van der Waals surface area contributed by atoms with Gasteiger partial charge in [-0.2, -0.15) is 8.78 Å². The molecule has 166 valence electrons. The lowest BCUT2D eigenvalue weighted by molar-refractivity contribution is -0.0505. The molecule has 1 heterocycles. The minimum Gasteiger partial charge on any atom is -0.497 e. The molecule has 29 heavy (non-hydrogen) atoms. The van der Waals surface area contributed by atoms with Gasteiger partial charge >= 0.3 is 6.61 Å². The molecule has 0 aromatic heterocycles. The van der Waals surface area contributed by atoms with Crippen LogP contribution in [0.2, 0.25) is 0 Å². The van der Waals surface area contributed by atoms with Crippen LogP contribution in [0, 0.1) is 0 Å². The molecule has 0 saturated carbocycles. The zero-order valence-corrected chi connectivity index (χ0v) is 19.7. The number of ether oxygens (including phenoxy) is 2. The zero-order chi connectivity index (χ0) is 20.4. The number of nitrogens with one attached hydrogen (secondary N) is 2. The lowest BCUT2D eigenvalue weighted by Crippen LogP contribution is -2.41. The molecule has 0 bridgehead atoms. The van der Waals surface area contributed by atoms with Gasteiger partial charge in [0.15, 0.2) is 5.96 Å². The predicted molar refractivity (Wildman–Crippen MR) is 123 cm³/mol. The first-order valence-corrected chi connectivity index (χ1v) is 9.83. The van der Waals surface area contributed by atoms with E-state index in [1.807, 2.05) is 0 Å². The van der Waals surface area contributed by atoms with E-state index in [0.717, 1.165) is 19.5 Å². The fraction of sp³-hybridized carbons (Fsp3) is 0.650. The van der Waals surface area contributed by atoms with Crippen molar-refractivity contribution in [2.24, 2.45) is 4.99 Å². The van der Waals surface area contributed by atoms with Gasteiger partial charge < -0.3 is 25.0 Å². The number of likely N-dealkylation sites (tertiary alicyclic amines) is 1. The molecule has 1 saturated heterocycles. The maximum atomic E-state index is 12.7. The number of methoxy groups -OCH3 is 1. The van der Waals surface area contributed by atoms with E-state index in [0.29, 0.717) is 29.9 Å². The smallest absolute Gasteiger partial charge is 0.387 e. The van der Waals surface area contributed by atoms with Crippen molar-refractivity contribution in [1.29, 1.82) is 0 Å². The highest BCUT2D eigenvalue weighted by molar-refractivity contribution is 14.0. The molecule has 6 nitrogen and oxygen atoms in total. The van der Waals surface area contributed by atoms with E-state index in [1.54, 1.807) is 19.2 Å². The molecular weight excluding hydrogens is 493 g/mol. The van der Waals surface area contributed by atoms with Crippen LogP contribution in [-0.2, 0) is 6.54 Å². The standard InChI is InChI=1S/C20H32F2N4O2.HI/c1-15-7-4-5-11-26(15)12-6-10-24-20(23-2)25-14-16-8-9-17(27-3)13-18(16)28-19(21)22;/h8-9,13,15,19H,4-7,10-12,14H2,1-3H3,(H2,23,24,25);1H. The van der Waals surface area contributed by atoms with Crippen molar-refractivity contribution in [3.63, 3.8) is 0 Å². The topological polar surface area (TPSA) is 58.1 Å². The monoisotopic (exact) mass is 526 g/mol. The van der Waals surface area contributed by atoms with E-state index in [4.69, 9.17) is 4.74 Å². The van der Waals surface area contributed by atoms with Crippen LogP contribution in [0.25, 0.3) is 0 Å². The molecule has 0 amide bonds. The van der Waals surface area contributed by atoms with Crippen LogP contribution in [0.3, 0.4) is 0 Å². The molecule has 0 spiro atoms. The number of halogens is 3. The summed E-state index contributed by atoms with van der Waals surface area (Å²) in [5, 5.41) is 6.42. The van der Waals surface area contributed by atoms with Crippen LogP contribution >= 0.6 is 24.0 Å².